The van der Waals surface area contributed by atoms with Gasteiger partial charge in [0.15, 0.2) is 11.5 Å². The molecule has 7 nitrogen and oxygen atoms in total. The highest BCUT2D eigenvalue weighted by Crippen LogP contribution is 2.28. The zero-order valence-electron chi connectivity index (χ0n) is 16.4. The van der Waals surface area contributed by atoms with Crippen LogP contribution in [0.4, 0.5) is 0 Å². The summed E-state index contributed by atoms with van der Waals surface area (Å²) in [5, 5.41) is 5.72. The van der Waals surface area contributed by atoms with E-state index in [0.29, 0.717) is 42.0 Å². The first kappa shape index (κ1) is 21.4. The van der Waals surface area contributed by atoms with Crippen LogP contribution in [0.1, 0.15) is 16.9 Å². The Morgan fingerprint density at radius 3 is 2.76 bits per heavy atom. The van der Waals surface area contributed by atoms with E-state index < -0.39 is 6.04 Å². The molecule has 1 aliphatic rings. The van der Waals surface area contributed by atoms with Gasteiger partial charge < -0.3 is 20.1 Å². The summed E-state index contributed by atoms with van der Waals surface area (Å²) in [6.07, 6.45) is 0.0955. The van der Waals surface area contributed by atoms with Crippen molar-refractivity contribution in [2.24, 2.45) is 0 Å². The molecule has 3 rings (SSSR count). The number of thiophene rings is 1. The van der Waals surface area contributed by atoms with Gasteiger partial charge in [-0.1, -0.05) is 17.7 Å². The average Bonchev–Trinajstić information content (AvgIpc) is 3.14. The Morgan fingerprint density at radius 2 is 2.07 bits per heavy atom. The van der Waals surface area contributed by atoms with Gasteiger partial charge in [0.1, 0.15) is 0 Å². The van der Waals surface area contributed by atoms with E-state index >= 15 is 0 Å². The number of nitrogens with one attached hydrogen (secondary N) is 2. The molecule has 0 spiro atoms. The molecule has 156 valence electrons. The van der Waals surface area contributed by atoms with Crippen molar-refractivity contribution >= 4 is 34.8 Å². The van der Waals surface area contributed by atoms with Crippen molar-refractivity contribution in [2.75, 3.05) is 27.3 Å². The van der Waals surface area contributed by atoms with Crippen molar-refractivity contribution < 1.29 is 19.1 Å². The smallest absolute Gasteiger partial charge is 0.237 e. The molecule has 2 aromatic rings. The Hall–Kier alpha value is -2.29. The number of carbonyl (C=O) groups is 2. The zero-order chi connectivity index (χ0) is 20.8. The summed E-state index contributed by atoms with van der Waals surface area (Å²) >= 11 is 7.34. The molecule has 1 aliphatic heterocycles. The van der Waals surface area contributed by atoms with Crippen molar-refractivity contribution in [2.45, 2.75) is 25.6 Å². The van der Waals surface area contributed by atoms with E-state index in [9.17, 15) is 9.59 Å². The van der Waals surface area contributed by atoms with Gasteiger partial charge in [-0.05, 0) is 29.8 Å². The van der Waals surface area contributed by atoms with Crippen LogP contribution in [0.25, 0.3) is 0 Å². The van der Waals surface area contributed by atoms with Crippen LogP contribution in [0.3, 0.4) is 0 Å². The molecule has 2 amide bonds. The summed E-state index contributed by atoms with van der Waals surface area (Å²) in [4.78, 5) is 27.9. The molecule has 1 unspecified atom stereocenters. The predicted molar refractivity (Wildman–Crippen MR) is 113 cm³/mol. The third-order valence-electron chi connectivity index (χ3n) is 4.74. The average molecular weight is 438 g/mol. The second-order valence-electron chi connectivity index (χ2n) is 6.65. The monoisotopic (exact) mass is 437 g/mol. The first-order chi connectivity index (χ1) is 14.0. The van der Waals surface area contributed by atoms with Gasteiger partial charge in [-0.25, -0.2) is 0 Å². The summed E-state index contributed by atoms with van der Waals surface area (Å²) in [5.74, 6) is 0.979. The Kier molecular flexibility index (Phi) is 7.35. The molecule has 1 aromatic heterocycles. The number of piperazine rings is 1. The van der Waals surface area contributed by atoms with Gasteiger partial charge in [0.05, 0.1) is 37.6 Å². The topological polar surface area (TPSA) is 79.9 Å². The van der Waals surface area contributed by atoms with Crippen LogP contribution in [0, 0.1) is 0 Å². The van der Waals surface area contributed by atoms with E-state index in [-0.39, 0.29) is 18.2 Å². The molecule has 0 radical (unpaired) electrons. The van der Waals surface area contributed by atoms with Gasteiger partial charge in [-0.15, -0.1) is 11.3 Å². The number of hydrogen-bond acceptors (Lipinski definition) is 6. The van der Waals surface area contributed by atoms with E-state index in [0.717, 1.165) is 10.4 Å². The maximum atomic E-state index is 12.4. The fraction of sp³-hybridized carbons (Fsp3) is 0.400. The van der Waals surface area contributed by atoms with Crippen molar-refractivity contribution in [3.8, 4) is 11.5 Å². The van der Waals surface area contributed by atoms with Gasteiger partial charge in [-0.3, -0.25) is 14.5 Å². The summed E-state index contributed by atoms with van der Waals surface area (Å²) in [5.41, 5.74) is 0.982. The third-order valence-corrected chi connectivity index (χ3v) is 5.97. The number of halogens is 1. The van der Waals surface area contributed by atoms with Crippen LogP contribution in [0.2, 0.25) is 4.34 Å². The molecule has 0 bridgehead atoms. The maximum absolute atomic E-state index is 12.4. The minimum absolute atomic E-state index is 0.0955. The SMILES string of the molecule is COc1ccc(CN2CCNC(=O)C2CC(=O)NCc2ccc(Cl)s2)cc1OC. The molecule has 1 saturated heterocycles. The first-order valence-electron chi connectivity index (χ1n) is 9.23. The molecule has 2 N–H and O–H groups in total. The van der Waals surface area contributed by atoms with Crippen LogP contribution in [0.5, 0.6) is 11.5 Å². The zero-order valence-corrected chi connectivity index (χ0v) is 17.9. The number of amides is 2. The number of ether oxygens (including phenoxy) is 2. The lowest BCUT2D eigenvalue weighted by Crippen LogP contribution is -2.56. The molecule has 1 fully saturated rings. The fourth-order valence-corrected chi connectivity index (χ4v) is 4.29. The normalized spacial score (nSPS) is 16.9. The van der Waals surface area contributed by atoms with Gasteiger partial charge >= 0.3 is 0 Å². The van der Waals surface area contributed by atoms with E-state index in [1.165, 1.54) is 11.3 Å². The highest BCUT2D eigenvalue weighted by atomic mass is 35.5. The quantitative estimate of drug-likeness (QED) is 0.663. The van der Waals surface area contributed by atoms with Crippen molar-refractivity contribution in [1.82, 2.24) is 15.5 Å². The molecular formula is C20H24ClN3O4S. The molecular weight excluding hydrogens is 414 g/mol. The minimum Gasteiger partial charge on any atom is -0.493 e. The maximum Gasteiger partial charge on any atom is 0.237 e. The molecule has 0 saturated carbocycles. The minimum atomic E-state index is -0.524. The summed E-state index contributed by atoms with van der Waals surface area (Å²) in [7, 11) is 3.18. The number of methoxy groups -OCH3 is 2. The highest BCUT2D eigenvalue weighted by molar-refractivity contribution is 7.16. The first-order valence-corrected chi connectivity index (χ1v) is 10.4. The number of carbonyl (C=O) groups excluding carboxylic acids is 2. The van der Waals surface area contributed by atoms with Crippen LogP contribution < -0.4 is 20.1 Å². The van der Waals surface area contributed by atoms with E-state index in [2.05, 4.69) is 10.6 Å². The standard InChI is InChI=1S/C20H24ClN3O4S/c1-27-16-5-3-13(9-17(16)28-2)12-24-8-7-22-20(26)15(24)10-19(25)23-11-14-4-6-18(21)29-14/h3-6,9,15H,7-8,10-12H2,1-2H3,(H,22,26)(H,23,25). The van der Waals surface area contributed by atoms with Crippen LogP contribution in [-0.2, 0) is 22.7 Å². The predicted octanol–water partition coefficient (Wildman–Crippen LogP) is 2.43. The highest BCUT2D eigenvalue weighted by Gasteiger charge is 2.31. The van der Waals surface area contributed by atoms with Gasteiger partial charge in [0.2, 0.25) is 11.8 Å². The van der Waals surface area contributed by atoms with E-state index in [4.69, 9.17) is 21.1 Å². The summed E-state index contributed by atoms with van der Waals surface area (Å²) < 4.78 is 11.3. The number of rotatable bonds is 8. The van der Waals surface area contributed by atoms with E-state index in [1.54, 1.807) is 20.3 Å². The second-order valence-corrected chi connectivity index (χ2v) is 8.45. The Balaban J connectivity index is 1.64. The van der Waals surface area contributed by atoms with Crippen LogP contribution in [-0.4, -0.2) is 50.1 Å². The lowest BCUT2D eigenvalue weighted by Gasteiger charge is -2.34. The molecule has 1 atom stereocenters. The Morgan fingerprint density at radius 1 is 1.28 bits per heavy atom. The van der Waals surface area contributed by atoms with Crippen molar-refractivity contribution in [3.63, 3.8) is 0 Å². The van der Waals surface area contributed by atoms with Crippen LogP contribution in [0.15, 0.2) is 30.3 Å². The van der Waals surface area contributed by atoms with Gasteiger partial charge in [0, 0.05) is 24.5 Å². The third kappa shape index (κ3) is 5.62. The molecule has 9 heteroatoms. The molecule has 29 heavy (non-hydrogen) atoms. The lowest BCUT2D eigenvalue weighted by atomic mass is 10.1. The second kappa shape index (κ2) is 9.96. The van der Waals surface area contributed by atoms with Gasteiger partial charge in [-0.2, -0.15) is 0 Å². The fourth-order valence-electron chi connectivity index (χ4n) is 3.27. The summed E-state index contributed by atoms with van der Waals surface area (Å²) in [6, 6.07) is 8.82. The molecule has 1 aromatic carbocycles. The van der Waals surface area contributed by atoms with E-state index in [1.807, 2.05) is 29.2 Å². The lowest BCUT2D eigenvalue weighted by molar-refractivity contribution is -0.134. The Bertz CT molecular complexity index is 873. The molecule has 0 aliphatic carbocycles. The Labute approximate surface area is 178 Å². The van der Waals surface area contributed by atoms with Crippen LogP contribution >= 0.6 is 22.9 Å². The summed E-state index contributed by atoms with van der Waals surface area (Å²) in [6.45, 7) is 2.16. The largest absolute Gasteiger partial charge is 0.493 e. The van der Waals surface area contributed by atoms with Gasteiger partial charge in [0.25, 0.3) is 0 Å². The number of benzene rings is 1. The molecule has 2 heterocycles. The van der Waals surface area contributed by atoms with Crippen molar-refractivity contribution in [3.05, 3.63) is 45.1 Å². The number of nitrogens with zero attached hydrogens (tertiary/aromatic N) is 1. The van der Waals surface area contributed by atoms with Crippen molar-refractivity contribution in [1.29, 1.82) is 0 Å². The number of hydrogen-bond donors (Lipinski definition) is 2.